The van der Waals surface area contributed by atoms with Crippen molar-refractivity contribution >= 4 is 0 Å². The predicted molar refractivity (Wildman–Crippen MR) is 60.5 cm³/mol. The number of hydrogen-bond donors (Lipinski definition) is 0. The van der Waals surface area contributed by atoms with Gasteiger partial charge in [-0.15, -0.1) is 0 Å². The Morgan fingerprint density at radius 2 is 1.67 bits per heavy atom. The molecule has 2 nitrogen and oxygen atoms in total. The first-order valence-corrected chi connectivity index (χ1v) is 9.26. The zero-order valence-electron chi connectivity index (χ0n) is 10.3. The van der Waals surface area contributed by atoms with Crippen molar-refractivity contribution in [3.8, 4) is 0 Å². The SMILES string of the molecule is C[I-]N1CCC2(CCN(C(C)C)CC2)C1. The second kappa shape index (κ2) is 4.88. The van der Waals surface area contributed by atoms with E-state index in [4.69, 9.17) is 0 Å². The summed E-state index contributed by atoms with van der Waals surface area (Å²) in [6.45, 7) is 10.2. The van der Waals surface area contributed by atoms with Crippen LogP contribution in [0.4, 0.5) is 0 Å². The Bertz CT molecular complexity index is 210. The Balaban J connectivity index is 1.87. The maximum atomic E-state index is 2.74. The van der Waals surface area contributed by atoms with Crippen LogP contribution in [0.15, 0.2) is 0 Å². The summed E-state index contributed by atoms with van der Waals surface area (Å²) < 4.78 is 2.74. The standard InChI is InChI=1S/C12H24IN2/c1-11(2)14-7-4-12(5-8-14)6-9-15(10-12)13-3/h11H,4-10H2,1-3H3/q-1. The van der Waals surface area contributed by atoms with E-state index in [9.17, 15) is 0 Å². The van der Waals surface area contributed by atoms with Gasteiger partial charge in [0.2, 0.25) is 0 Å². The van der Waals surface area contributed by atoms with Crippen molar-refractivity contribution in [2.24, 2.45) is 5.41 Å². The third-order valence-corrected chi connectivity index (χ3v) is 6.41. The maximum absolute atomic E-state index is 2.74. The fourth-order valence-electron chi connectivity index (χ4n) is 2.95. The Hall–Kier alpha value is 0.650. The molecule has 90 valence electrons. The van der Waals surface area contributed by atoms with Gasteiger partial charge in [-0.1, -0.05) is 0 Å². The van der Waals surface area contributed by atoms with E-state index < -0.39 is 0 Å². The summed E-state index contributed by atoms with van der Waals surface area (Å²) in [6, 6.07) is 0.749. The Labute approximate surface area is 105 Å². The predicted octanol–water partition coefficient (Wildman–Crippen LogP) is -1.18. The molecule has 2 rings (SSSR count). The molecule has 0 amide bonds. The van der Waals surface area contributed by atoms with Gasteiger partial charge in [0.05, 0.1) is 0 Å². The van der Waals surface area contributed by atoms with E-state index in [1.807, 2.05) is 0 Å². The van der Waals surface area contributed by atoms with Gasteiger partial charge >= 0.3 is 105 Å². The molecule has 3 heteroatoms. The van der Waals surface area contributed by atoms with E-state index in [1.165, 1.54) is 45.4 Å². The molecule has 1 spiro atoms. The van der Waals surface area contributed by atoms with E-state index in [1.54, 1.807) is 0 Å². The first kappa shape index (κ1) is 12.1. The zero-order chi connectivity index (χ0) is 10.9. The Morgan fingerprint density at radius 1 is 1.07 bits per heavy atom. The molecule has 0 saturated carbocycles. The summed E-state index contributed by atoms with van der Waals surface area (Å²) >= 11 is 0.347. The van der Waals surface area contributed by atoms with E-state index in [0.29, 0.717) is 21.5 Å². The summed E-state index contributed by atoms with van der Waals surface area (Å²) in [7, 11) is 0. The molecule has 2 aliphatic heterocycles. The van der Waals surface area contributed by atoms with Crippen LogP contribution in [-0.2, 0) is 0 Å². The number of rotatable bonds is 2. The fourth-order valence-corrected chi connectivity index (χ4v) is 4.74. The molecule has 0 aromatic heterocycles. The van der Waals surface area contributed by atoms with Gasteiger partial charge in [-0.25, -0.2) is 0 Å². The van der Waals surface area contributed by atoms with Crippen LogP contribution < -0.4 is 21.5 Å². The second-order valence-electron chi connectivity index (χ2n) is 5.39. The van der Waals surface area contributed by atoms with Crippen molar-refractivity contribution in [2.45, 2.75) is 39.2 Å². The van der Waals surface area contributed by atoms with E-state index in [-0.39, 0.29) is 0 Å². The summed E-state index contributed by atoms with van der Waals surface area (Å²) in [5, 5.41) is 0. The fraction of sp³-hybridized carbons (Fsp3) is 1.00. The van der Waals surface area contributed by atoms with Crippen LogP contribution in [0.2, 0.25) is 0 Å². The molecule has 15 heavy (non-hydrogen) atoms. The van der Waals surface area contributed by atoms with Gasteiger partial charge in [0.15, 0.2) is 0 Å². The van der Waals surface area contributed by atoms with Gasteiger partial charge in [-0.3, -0.25) is 0 Å². The third-order valence-electron chi connectivity index (χ3n) is 4.22. The molecule has 2 aliphatic rings. The quantitative estimate of drug-likeness (QED) is 0.359. The first-order valence-electron chi connectivity index (χ1n) is 6.14. The summed E-state index contributed by atoms with van der Waals surface area (Å²) in [6.07, 6.45) is 4.38. The van der Waals surface area contributed by atoms with Crippen LogP contribution in [-0.4, -0.2) is 45.2 Å². The van der Waals surface area contributed by atoms with Gasteiger partial charge in [0.1, 0.15) is 0 Å². The molecule has 0 radical (unpaired) electrons. The summed E-state index contributed by atoms with van der Waals surface area (Å²) in [5.74, 6) is 0. The Morgan fingerprint density at radius 3 is 2.13 bits per heavy atom. The van der Waals surface area contributed by atoms with Crippen molar-refractivity contribution in [3.05, 3.63) is 0 Å². The molecule has 0 aromatic carbocycles. The molecule has 0 atom stereocenters. The first-order chi connectivity index (χ1) is 7.15. The van der Waals surface area contributed by atoms with Crippen LogP contribution in [0, 0.1) is 5.41 Å². The minimum atomic E-state index is 0.347. The van der Waals surface area contributed by atoms with Gasteiger partial charge in [0, 0.05) is 0 Å². The molecule has 0 N–H and O–H groups in total. The summed E-state index contributed by atoms with van der Waals surface area (Å²) in [5.41, 5.74) is 0.723. The number of halogens is 1. The molecular formula is C12H24IN2-. The van der Waals surface area contributed by atoms with Crippen LogP contribution in [0.25, 0.3) is 0 Å². The number of piperidine rings is 1. The molecule has 0 unspecified atom stereocenters. The average molecular weight is 323 g/mol. The number of alkyl halides is 1. The van der Waals surface area contributed by atoms with E-state index in [2.05, 4.69) is 26.8 Å². The van der Waals surface area contributed by atoms with Gasteiger partial charge in [-0.2, -0.15) is 0 Å². The molecule has 0 bridgehead atoms. The molecule has 2 fully saturated rings. The minimum absolute atomic E-state index is 0.347. The molecule has 2 heterocycles. The van der Waals surface area contributed by atoms with E-state index >= 15 is 0 Å². The van der Waals surface area contributed by atoms with Crippen molar-refractivity contribution in [3.63, 3.8) is 0 Å². The third kappa shape index (κ3) is 2.67. The van der Waals surface area contributed by atoms with Crippen LogP contribution >= 0.6 is 0 Å². The van der Waals surface area contributed by atoms with Crippen LogP contribution in [0.1, 0.15) is 33.1 Å². The zero-order valence-corrected chi connectivity index (χ0v) is 12.5. The second-order valence-corrected chi connectivity index (χ2v) is 7.72. The summed E-state index contributed by atoms with van der Waals surface area (Å²) in [4.78, 5) is 5.05. The van der Waals surface area contributed by atoms with Crippen molar-refractivity contribution in [2.75, 3.05) is 31.1 Å². The number of nitrogens with zero attached hydrogens (tertiary/aromatic N) is 2. The molecule has 0 aromatic rings. The topological polar surface area (TPSA) is 6.48 Å². The van der Waals surface area contributed by atoms with Crippen molar-refractivity contribution in [1.29, 1.82) is 0 Å². The van der Waals surface area contributed by atoms with Crippen molar-refractivity contribution in [1.82, 2.24) is 8.01 Å². The average Bonchev–Trinajstić information content (AvgIpc) is 2.62. The molecule has 2 saturated heterocycles. The van der Waals surface area contributed by atoms with Crippen molar-refractivity contribution < 1.29 is 21.5 Å². The number of likely N-dealkylation sites (tertiary alicyclic amines) is 1. The van der Waals surface area contributed by atoms with Gasteiger partial charge in [-0.05, 0) is 0 Å². The number of hydrogen-bond acceptors (Lipinski definition) is 2. The normalized spacial score (nSPS) is 28.3. The molecule has 0 aliphatic carbocycles. The van der Waals surface area contributed by atoms with Gasteiger partial charge < -0.3 is 0 Å². The van der Waals surface area contributed by atoms with Gasteiger partial charge in [0.25, 0.3) is 0 Å². The van der Waals surface area contributed by atoms with E-state index in [0.717, 1.165) is 11.5 Å². The van der Waals surface area contributed by atoms with Crippen LogP contribution in [0.3, 0.4) is 0 Å². The molecular weight excluding hydrogens is 299 g/mol. The van der Waals surface area contributed by atoms with Crippen LogP contribution in [0.5, 0.6) is 0 Å². The monoisotopic (exact) mass is 323 g/mol. The Kier molecular flexibility index (Phi) is 3.94.